The molecule has 0 saturated carbocycles. The van der Waals surface area contributed by atoms with Crippen molar-refractivity contribution in [1.82, 2.24) is 19.3 Å². The molecule has 0 amide bonds. The Morgan fingerprint density at radius 2 is 2.00 bits per heavy atom. The topological polar surface area (TPSA) is 96.3 Å². The Hall–Kier alpha value is -2.45. The fourth-order valence-corrected chi connectivity index (χ4v) is 3.81. The van der Waals surface area contributed by atoms with Crippen LogP contribution in [0.25, 0.3) is 5.52 Å². The van der Waals surface area contributed by atoms with Gasteiger partial charge in [-0.25, -0.2) is 18.2 Å². The number of hydrogen-bond acceptors (Lipinski definition) is 4. The first kappa shape index (κ1) is 16.4. The molecule has 126 valence electrons. The summed E-state index contributed by atoms with van der Waals surface area (Å²) < 4.78 is 29.4. The predicted molar refractivity (Wildman–Crippen MR) is 90.4 cm³/mol. The summed E-state index contributed by atoms with van der Waals surface area (Å²) in [6.45, 7) is 3.65. The second-order valence-corrected chi connectivity index (χ2v) is 7.22. The van der Waals surface area contributed by atoms with Crippen LogP contribution >= 0.6 is 0 Å². The molecule has 0 spiro atoms. The standard InChI is InChI=1S/C16H18N4O3S/c1-3-15-17-18-16(21)14-9-13(10-20(14)15)24(22,23)19-11(2)12-7-5-4-6-8-12/h4-11,19H,3H2,1-2H3,(H,18,21). The molecule has 7 nitrogen and oxygen atoms in total. The first-order valence-corrected chi connectivity index (χ1v) is 9.07. The smallest absolute Gasteiger partial charge is 0.288 e. The first-order chi connectivity index (χ1) is 11.4. The van der Waals surface area contributed by atoms with Gasteiger partial charge in [-0.3, -0.25) is 9.20 Å². The van der Waals surface area contributed by atoms with Crippen LogP contribution in [0.5, 0.6) is 0 Å². The van der Waals surface area contributed by atoms with Gasteiger partial charge in [0.25, 0.3) is 5.56 Å². The van der Waals surface area contributed by atoms with E-state index in [1.807, 2.05) is 37.3 Å². The van der Waals surface area contributed by atoms with E-state index < -0.39 is 15.6 Å². The van der Waals surface area contributed by atoms with E-state index in [9.17, 15) is 13.2 Å². The number of sulfonamides is 1. The summed E-state index contributed by atoms with van der Waals surface area (Å²) in [4.78, 5) is 11.9. The van der Waals surface area contributed by atoms with Gasteiger partial charge in [0.15, 0.2) is 0 Å². The molecule has 0 fully saturated rings. The van der Waals surface area contributed by atoms with Gasteiger partial charge in [-0.1, -0.05) is 37.3 Å². The minimum Gasteiger partial charge on any atom is -0.297 e. The van der Waals surface area contributed by atoms with Crippen molar-refractivity contribution in [2.24, 2.45) is 0 Å². The highest BCUT2D eigenvalue weighted by Crippen LogP contribution is 2.18. The molecule has 1 atom stereocenters. The zero-order chi connectivity index (χ0) is 17.3. The predicted octanol–water partition coefficient (Wildman–Crippen LogP) is 1.62. The van der Waals surface area contributed by atoms with E-state index in [1.54, 1.807) is 6.92 Å². The summed E-state index contributed by atoms with van der Waals surface area (Å²) in [5, 5.41) is 6.32. The van der Waals surface area contributed by atoms with Crippen LogP contribution < -0.4 is 10.3 Å². The van der Waals surface area contributed by atoms with Gasteiger partial charge in [0, 0.05) is 18.7 Å². The number of rotatable bonds is 5. The van der Waals surface area contributed by atoms with Crippen molar-refractivity contribution >= 4 is 15.5 Å². The molecule has 3 aromatic rings. The lowest BCUT2D eigenvalue weighted by Crippen LogP contribution is -2.26. The van der Waals surface area contributed by atoms with Crippen LogP contribution in [0.3, 0.4) is 0 Å². The molecule has 2 N–H and O–H groups in total. The summed E-state index contributed by atoms with van der Waals surface area (Å²) in [5.74, 6) is 0.585. The second kappa shape index (κ2) is 6.21. The summed E-state index contributed by atoms with van der Waals surface area (Å²) in [6, 6.07) is 10.3. The number of nitrogens with one attached hydrogen (secondary N) is 2. The summed E-state index contributed by atoms with van der Waals surface area (Å²) in [7, 11) is -3.76. The van der Waals surface area contributed by atoms with Crippen LogP contribution in [-0.4, -0.2) is 23.0 Å². The third-order valence-corrected chi connectivity index (χ3v) is 5.36. The molecule has 1 unspecified atom stereocenters. The normalized spacial score (nSPS) is 13.2. The molecular formula is C16H18N4O3S. The molecule has 0 aliphatic carbocycles. The largest absolute Gasteiger partial charge is 0.297 e. The van der Waals surface area contributed by atoms with Crippen molar-refractivity contribution in [3.63, 3.8) is 0 Å². The van der Waals surface area contributed by atoms with E-state index in [1.165, 1.54) is 16.7 Å². The van der Waals surface area contributed by atoms with Gasteiger partial charge in [0.05, 0.1) is 0 Å². The van der Waals surface area contributed by atoms with Crippen molar-refractivity contribution in [1.29, 1.82) is 0 Å². The van der Waals surface area contributed by atoms with Crippen LogP contribution in [0.2, 0.25) is 0 Å². The zero-order valence-electron chi connectivity index (χ0n) is 13.4. The third kappa shape index (κ3) is 2.98. The van der Waals surface area contributed by atoms with Gasteiger partial charge in [-0.05, 0) is 18.6 Å². The first-order valence-electron chi connectivity index (χ1n) is 7.59. The van der Waals surface area contributed by atoms with E-state index >= 15 is 0 Å². The third-order valence-electron chi connectivity index (χ3n) is 3.85. The second-order valence-electron chi connectivity index (χ2n) is 5.51. The monoisotopic (exact) mass is 346 g/mol. The van der Waals surface area contributed by atoms with Gasteiger partial charge >= 0.3 is 0 Å². The maximum atomic E-state index is 12.6. The van der Waals surface area contributed by atoms with Crippen molar-refractivity contribution in [3.05, 3.63) is 64.3 Å². The number of aromatic amines is 1. The molecule has 2 heterocycles. The van der Waals surface area contributed by atoms with Crippen molar-refractivity contribution in [3.8, 4) is 0 Å². The van der Waals surface area contributed by atoms with Gasteiger partial charge in [0.2, 0.25) is 10.0 Å². The Morgan fingerprint density at radius 1 is 1.29 bits per heavy atom. The molecule has 2 aromatic heterocycles. The fraction of sp³-hybridized carbons (Fsp3) is 0.250. The van der Waals surface area contributed by atoms with E-state index in [-0.39, 0.29) is 16.5 Å². The minimum absolute atomic E-state index is 0.0403. The van der Waals surface area contributed by atoms with Crippen LogP contribution in [0.15, 0.2) is 52.3 Å². The molecule has 24 heavy (non-hydrogen) atoms. The van der Waals surface area contributed by atoms with E-state index in [2.05, 4.69) is 14.9 Å². The Balaban J connectivity index is 2.00. The molecule has 0 aliphatic heterocycles. The zero-order valence-corrected chi connectivity index (χ0v) is 14.2. The summed E-state index contributed by atoms with van der Waals surface area (Å²) in [6.07, 6.45) is 1.99. The van der Waals surface area contributed by atoms with Crippen LogP contribution in [-0.2, 0) is 16.4 Å². The average molecular weight is 346 g/mol. The lowest BCUT2D eigenvalue weighted by atomic mass is 10.1. The number of aromatic nitrogens is 3. The summed E-state index contributed by atoms with van der Waals surface area (Å²) in [5.41, 5.74) is 0.693. The fourth-order valence-electron chi connectivity index (χ4n) is 2.56. The summed E-state index contributed by atoms with van der Waals surface area (Å²) >= 11 is 0. The molecule has 0 radical (unpaired) electrons. The number of benzene rings is 1. The van der Waals surface area contributed by atoms with Crippen molar-refractivity contribution < 1.29 is 8.42 Å². The molecular weight excluding hydrogens is 328 g/mol. The van der Waals surface area contributed by atoms with Gasteiger partial charge < -0.3 is 0 Å². The van der Waals surface area contributed by atoms with Gasteiger partial charge in [-0.15, -0.1) is 0 Å². The quantitative estimate of drug-likeness (QED) is 0.734. The van der Waals surface area contributed by atoms with Gasteiger partial charge in [-0.2, -0.15) is 5.10 Å². The van der Waals surface area contributed by atoms with Gasteiger partial charge in [0.1, 0.15) is 16.2 Å². The van der Waals surface area contributed by atoms with Crippen LogP contribution in [0.1, 0.15) is 31.3 Å². The van der Waals surface area contributed by atoms with E-state index in [4.69, 9.17) is 0 Å². The minimum atomic E-state index is -3.76. The van der Waals surface area contributed by atoms with Crippen LogP contribution in [0, 0.1) is 0 Å². The molecule has 8 heteroatoms. The molecule has 1 aromatic carbocycles. The Labute approximate surface area is 139 Å². The molecule has 0 bridgehead atoms. The Morgan fingerprint density at radius 3 is 2.67 bits per heavy atom. The highest BCUT2D eigenvalue weighted by Gasteiger charge is 2.21. The number of H-pyrrole nitrogens is 1. The lowest BCUT2D eigenvalue weighted by Gasteiger charge is -2.13. The van der Waals surface area contributed by atoms with E-state index in [0.29, 0.717) is 12.2 Å². The maximum Gasteiger partial charge on any atom is 0.288 e. The lowest BCUT2D eigenvalue weighted by molar-refractivity contribution is 0.567. The number of hydrogen-bond donors (Lipinski definition) is 2. The van der Waals surface area contributed by atoms with E-state index in [0.717, 1.165) is 5.56 Å². The number of nitrogens with zero attached hydrogens (tertiary/aromatic N) is 2. The molecule has 3 rings (SSSR count). The highest BCUT2D eigenvalue weighted by molar-refractivity contribution is 7.89. The number of fused-ring (bicyclic) bond motifs is 1. The van der Waals surface area contributed by atoms with Crippen molar-refractivity contribution in [2.45, 2.75) is 31.2 Å². The van der Waals surface area contributed by atoms with Crippen molar-refractivity contribution in [2.75, 3.05) is 0 Å². The van der Waals surface area contributed by atoms with Crippen LogP contribution in [0.4, 0.5) is 0 Å². The average Bonchev–Trinajstić information content (AvgIpc) is 3.03. The SMILES string of the molecule is CCc1n[nH]c(=O)c2cc(S(=O)(=O)NC(C)c3ccccc3)cn12. The highest BCUT2D eigenvalue weighted by atomic mass is 32.2. The maximum absolute atomic E-state index is 12.6. The molecule has 0 saturated heterocycles. The Kier molecular flexibility index (Phi) is 4.25. The Bertz CT molecular complexity index is 1020. The molecule has 0 aliphatic rings. The number of aryl methyl sites for hydroxylation is 1.